The second-order valence-corrected chi connectivity index (χ2v) is 5.88. The molecule has 0 aromatic heterocycles. The molecule has 1 fully saturated rings. The Morgan fingerprint density at radius 1 is 1.29 bits per heavy atom. The van der Waals surface area contributed by atoms with Gasteiger partial charge in [0, 0.05) is 17.3 Å². The Balaban J connectivity index is 2.37. The van der Waals surface area contributed by atoms with Crippen LogP contribution in [-0.2, 0) is 0 Å². The van der Waals surface area contributed by atoms with E-state index in [9.17, 15) is 0 Å². The van der Waals surface area contributed by atoms with E-state index in [1.165, 1.54) is 37.9 Å². The molecule has 0 aromatic rings. The van der Waals surface area contributed by atoms with E-state index in [1.807, 2.05) is 0 Å². The van der Waals surface area contributed by atoms with Gasteiger partial charge in [-0.1, -0.05) is 26.7 Å². The number of nitrogens with one attached hydrogen (secondary N) is 1. The molecule has 2 heteroatoms. The molecule has 0 aliphatic heterocycles. The fourth-order valence-electron chi connectivity index (χ4n) is 2.18. The molecule has 0 heterocycles. The van der Waals surface area contributed by atoms with Gasteiger partial charge in [-0.2, -0.15) is 11.8 Å². The van der Waals surface area contributed by atoms with Gasteiger partial charge in [0.25, 0.3) is 0 Å². The molecular weight excluding hydrogens is 190 g/mol. The van der Waals surface area contributed by atoms with Gasteiger partial charge >= 0.3 is 0 Å². The molecule has 3 atom stereocenters. The maximum atomic E-state index is 3.78. The molecular formula is C12H25NS. The molecule has 1 saturated carbocycles. The molecule has 1 N–H and O–H groups in total. The highest BCUT2D eigenvalue weighted by atomic mass is 32.2. The minimum Gasteiger partial charge on any atom is -0.310 e. The highest BCUT2D eigenvalue weighted by molar-refractivity contribution is 7.99. The van der Waals surface area contributed by atoms with Crippen molar-refractivity contribution in [3.63, 3.8) is 0 Å². The van der Waals surface area contributed by atoms with Crippen LogP contribution in [0.25, 0.3) is 0 Å². The first-order valence-corrected chi connectivity index (χ1v) is 7.20. The summed E-state index contributed by atoms with van der Waals surface area (Å²) in [5, 5.41) is 4.66. The molecule has 1 nitrogen and oxygen atoms in total. The van der Waals surface area contributed by atoms with Gasteiger partial charge < -0.3 is 5.32 Å². The van der Waals surface area contributed by atoms with Gasteiger partial charge in [0.1, 0.15) is 0 Å². The van der Waals surface area contributed by atoms with E-state index in [0.29, 0.717) is 6.04 Å². The average Bonchev–Trinajstić information content (AvgIpc) is 2.21. The quantitative estimate of drug-likeness (QED) is 0.754. The Kier molecular flexibility index (Phi) is 5.95. The summed E-state index contributed by atoms with van der Waals surface area (Å²) < 4.78 is 0. The third-order valence-electron chi connectivity index (χ3n) is 3.19. The van der Waals surface area contributed by atoms with E-state index in [-0.39, 0.29) is 0 Å². The summed E-state index contributed by atoms with van der Waals surface area (Å²) in [5.41, 5.74) is 0. The van der Waals surface area contributed by atoms with Gasteiger partial charge in [0.05, 0.1) is 0 Å². The van der Waals surface area contributed by atoms with Crippen molar-refractivity contribution in [3.05, 3.63) is 0 Å². The summed E-state index contributed by atoms with van der Waals surface area (Å²) in [6.07, 6.45) is 6.93. The van der Waals surface area contributed by atoms with Crippen molar-refractivity contribution >= 4 is 11.8 Å². The molecule has 1 aliphatic rings. The SMILES string of the molecule is CCSC1CCCCC1NC(C)CC. The molecule has 0 amide bonds. The summed E-state index contributed by atoms with van der Waals surface area (Å²) in [6.45, 7) is 6.85. The van der Waals surface area contributed by atoms with E-state index in [2.05, 4.69) is 37.8 Å². The Hall–Kier alpha value is 0.310. The molecule has 0 saturated heterocycles. The van der Waals surface area contributed by atoms with Gasteiger partial charge in [-0.15, -0.1) is 0 Å². The molecule has 84 valence electrons. The van der Waals surface area contributed by atoms with Gasteiger partial charge in [-0.25, -0.2) is 0 Å². The van der Waals surface area contributed by atoms with Crippen molar-refractivity contribution in [3.8, 4) is 0 Å². The first kappa shape index (κ1) is 12.4. The minimum absolute atomic E-state index is 0.693. The van der Waals surface area contributed by atoms with Crippen molar-refractivity contribution in [2.45, 2.75) is 70.2 Å². The van der Waals surface area contributed by atoms with Crippen molar-refractivity contribution < 1.29 is 0 Å². The standard InChI is InChI=1S/C12H25NS/c1-4-10(3)13-11-8-6-7-9-12(11)14-5-2/h10-13H,4-9H2,1-3H3. The van der Waals surface area contributed by atoms with Crippen molar-refractivity contribution in [1.29, 1.82) is 0 Å². The van der Waals surface area contributed by atoms with Crippen LogP contribution in [0.4, 0.5) is 0 Å². The van der Waals surface area contributed by atoms with Crippen molar-refractivity contribution in [2.75, 3.05) is 5.75 Å². The lowest BCUT2D eigenvalue weighted by Crippen LogP contribution is -2.44. The van der Waals surface area contributed by atoms with Crippen LogP contribution >= 0.6 is 11.8 Å². The third-order valence-corrected chi connectivity index (χ3v) is 4.52. The van der Waals surface area contributed by atoms with Crippen molar-refractivity contribution in [2.24, 2.45) is 0 Å². The molecule has 14 heavy (non-hydrogen) atoms. The number of thioether (sulfide) groups is 1. The summed E-state index contributed by atoms with van der Waals surface area (Å²) in [5.74, 6) is 1.27. The summed E-state index contributed by atoms with van der Waals surface area (Å²) in [4.78, 5) is 0. The van der Waals surface area contributed by atoms with E-state index in [0.717, 1.165) is 11.3 Å². The van der Waals surface area contributed by atoms with Gasteiger partial charge in [0.2, 0.25) is 0 Å². The van der Waals surface area contributed by atoms with Crippen LogP contribution in [-0.4, -0.2) is 23.1 Å². The highest BCUT2D eigenvalue weighted by Gasteiger charge is 2.25. The topological polar surface area (TPSA) is 12.0 Å². The Morgan fingerprint density at radius 3 is 2.64 bits per heavy atom. The minimum atomic E-state index is 0.693. The lowest BCUT2D eigenvalue weighted by Gasteiger charge is -2.33. The Morgan fingerprint density at radius 2 is 2.00 bits per heavy atom. The normalized spacial score (nSPS) is 30.2. The molecule has 0 aromatic carbocycles. The third kappa shape index (κ3) is 3.82. The van der Waals surface area contributed by atoms with Crippen LogP contribution in [0.2, 0.25) is 0 Å². The Bertz CT molecular complexity index is 147. The van der Waals surface area contributed by atoms with Crippen LogP contribution in [0, 0.1) is 0 Å². The number of hydrogen-bond donors (Lipinski definition) is 1. The zero-order valence-corrected chi connectivity index (χ0v) is 10.7. The van der Waals surface area contributed by atoms with E-state index < -0.39 is 0 Å². The molecule has 0 spiro atoms. The van der Waals surface area contributed by atoms with Crippen LogP contribution in [0.3, 0.4) is 0 Å². The van der Waals surface area contributed by atoms with Gasteiger partial charge in [0.15, 0.2) is 0 Å². The zero-order chi connectivity index (χ0) is 10.4. The van der Waals surface area contributed by atoms with E-state index in [1.54, 1.807) is 0 Å². The Labute approximate surface area is 93.4 Å². The summed E-state index contributed by atoms with van der Waals surface area (Å²) in [6, 6.07) is 1.47. The van der Waals surface area contributed by atoms with Crippen LogP contribution < -0.4 is 5.32 Å². The fourth-order valence-corrected chi connectivity index (χ4v) is 3.39. The largest absolute Gasteiger partial charge is 0.310 e. The van der Waals surface area contributed by atoms with Crippen LogP contribution in [0.1, 0.15) is 52.9 Å². The predicted molar refractivity (Wildman–Crippen MR) is 67.1 cm³/mol. The lowest BCUT2D eigenvalue weighted by atomic mass is 9.94. The smallest absolute Gasteiger partial charge is 0.0201 e. The number of hydrogen-bond acceptors (Lipinski definition) is 2. The fraction of sp³-hybridized carbons (Fsp3) is 1.00. The first-order valence-electron chi connectivity index (χ1n) is 6.15. The average molecular weight is 215 g/mol. The second-order valence-electron chi connectivity index (χ2n) is 4.36. The number of rotatable bonds is 5. The monoisotopic (exact) mass is 215 g/mol. The lowest BCUT2D eigenvalue weighted by molar-refractivity contribution is 0.349. The van der Waals surface area contributed by atoms with Gasteiger partial charge in [-0.05, 0) is 31.9 Å². The van der Waals surface area contributed by atoms with Crippen LogP contribution in [0.15, 0.2) is 0 Å². The molecule has 0 bridgehead atoms. The second kappa shape index (κ2) is 6.73. The molecule has 0 radical (unpaired) electrons. The highest BCUT2D eigenvalue weighted by Crippen LogP contribution is 2.28. The maximum absolute atomic E-state index is 3.78. The van der Waals surface area contributed by atoms with Crippen molar-refractivity contribution in [1.82, 2.24) is 5.32 Å². The van der Waals surface area contributed by atoms with E-state index in [4.69, 9.17) is 0 Å². The van der Waals surface area contributed by atoms with Crippen LogP contribution in [0.5, 0.6) is 0 Å². The first-order chi connectivity index (χ1) is 6.77. The summed E-state index contributed by atoms with van der Waals surface area (Å²) >= 11 is 2.15. The molecule has 3 unspecified atom stereocenters. The van der Waals surface area contributed by atoms with Gasteiger partial charge in [-0.3, -0.25) is 0 Å². The predicted octanol–water partition coefficient (Wildman–Crippen LogP) is 3.44. The zero-order valence-electron chi connectivity index (χ0n) is 9.88. The maximum Gasteiger partial charge on any atom is 0.0201 e. The molecule has 1 rings (SSSR count). The summed E-state index contributed by atoms with van der Waals surface area (Å²) in [7, 11) is 0. The molecule has 1 aliphatic carbocycles. The van der Waals surface area contributed by atoms with E-state index >= 15 is 0 Å².